The van der Waals surface area contributed by atoms with Gasteiger partial charge in [-0.05, 0) is 57.4 Å². The summed E-state index contributed by atoms with van der Waals surface area (Å²) in [6, 6.07) is 7.09. The minimum atomic E-state index is -0.0172. The lowest BCUT2D eigenvalue weighted by molar-refractivity contribution is -0.116. The molecule has 0 heterocycles. The van der Waals surface area contributed by atoms with E-state index in [0.717, 1.165) is 50.8 Å². The Labute approximate surface area is 161 Å². The zero-order chi connectivity index (χ0) is 19.0. The first kappa shape index (κ1) is 22.3. The normalized spacial score (nSPS) is 11.3. The van der Waals surface area contributed by atoms with Gasteiger partial charge in [-0.3, -0.25) is 9.79 Å². The van der Waals surface area contributed by atoms with Gasteiger partial charge in [-0.2, -0.15) is 0 Å². The van der Waals surface area contributed by atoms with E-state index >= 15 is 0 Å². The topological polar surface area (TPSA) is 74.8 Å². The number of nitrogens with zero attached hydrogens (tertiary/aromatic N) is 1. The number of nitrogens with one attached hydrogen (secondary N) is 3. The summed E-state index contributed by atoms with van der Waals surface area (Å²) < 4.78 is 5.32. The van der Waals surface area contributed by atoms with Crippen LogP contribution in [0.3, 0.4) is 0 Å². The first-order valence-electron chi connectivity index (χ1n) is 9.31. The monoisotopic (exact) mass is 382 g/mol. The number of carbonyl (C=O) groups excluding carboxylic acids is 1. The molecule has 0 aliphatic carbocycles. The summed E-state index contributed by atoms with van der Waals surface area (Å²) in [5.41, 5.74) is 0.755. The van der Waals surface area contributed by atoms with Crippen molar-refractivity contribution in [3.63, 3.8) is 0 Å². The number of benzene rings is 1. The van der Waals surface area contributed by atoms with Gasteiger partial charge in [0.1, 0.15) is 0 Å². The number of carbonyl (C=O) groups is 1. The summed E-state index contributed by atoms with van der Waals surface area (Å²) in [5.74, 6) is 0.776. The van der Waals surface area contributed by atoms with Gasteiger partial charge in [0.2, 0.25) is 5.91 Å². The standard InChI is InChI=1S/C19H31ClN4O2/c1-3-21-19(22-13-5-6-15-26-4-2)23-14-7-8-18(25)24-17-11-9-16(20)10-12-17/h9-12H,3-8,13-15H2,1-2H3,(H,24,25)(H2,21,22,23). The zero-order valence-electron chi connectivity index (χ0n) is 15.8. The maximum atomic E-state index is 11.9. The van der Waals surface area contributed by atoms with Crippen LogP contribution in [0.15, 0.2) is 29.3 Å². The van der Waals surface area contributed by atoms with Crippen molar-refractivity contribution in [3.05, 3.63) is 29.3 Å². The largest absolute Gasteiger partial charge is 0.382 e. The molecule has 0 spiro atoms. The molecular weight excluding hydrogens is 352 g/mol. The van der Waals surface area contributed by atoms with E-state index in [0.29, 0.717) is 24.4 Å². The van der Waals surface area contributed by atoms with Crippen molar-refractivity contribution in [2.45, 2.75) is 39.5 Å². The number of anilines is 1. The Bertz CT molecular complexity index is 535. The maximum absolute atomic E-state index is 11.9. The first-order chi connectivity index (χ1) is 12.7. The number of ether oxygens (including phenoxy) is 1. The molecule has 0 aliphatic heterocycles. The Balaban J connectivity index is 2.22. The second-order valence-corrected chi connectivity index (χ2v) is 6.19. The fraction of sp³-hybridized carbons (Fsp3) is 0.579. The van der Waals surface area contributed by atoms with Crippen molar-refractivity contribution in [1.82, 2.24) is 10.6 Å². The van der Waals surface area contributed by atoms with Gasteiger partial charge in [0, 0.05) is 50.0 Å². The van der Waals surface area contributed by atoms with Gasteiger partial charge in [-0.1, -0.05) is 11.6 Å². The average Bonchev–Trinajstić information content (AvgIpc) is 2.63. The van der Waals surface area contributed by atoms with Crippen LogP contribution in [-0.2, 0) is 9.53 Å². The van der Waals surface area contributed by atoms with Gasteiger partial charge in [-0.15, -0.1) is 0 Å². The van der Waals surface area contributed by atoms with Crippen LogP contribution in [0.5, 0.6) is 0 Å². The molecule has 146 valence electrons. The van der Waals surface area contributed by atoms with E-state index in [4.69, 9.17) is 16.3 Å². The predicted octanol–water partition coefficient (Wildman–Crippen LogP) is 3.43. The molecule has 1 amide bonds. The number of unbranched alkanes of at least 4 members (excludes halogenated alkanes) is 1. The number of aliphatic imine (C=N–C) groups is 1. The van der Waals surface area contributed by atoms with Crippen LogP contribution in [0.4, 0.5) is 5.69 Å². The molecule has 0 bridgehead atoms. The molecule has 1 rings (SSSR count). The van der Waals surface area contributed by atoms with Gasteiger partial charge in [-0.25, -0.2) is 0 Å². The summed E-state index contributed by atoms with van der Waals surface area (Å²) in [4.78, 5) is 16.4. The Morgan fingerprint density at radius 3 is 2.58 bits per heavy atom. The van der Waals surface area contributed by atoms with E-state index in [1.165, 1.54) is 0 Å². The smallest absolute Gasteiger partial charge is 0.224 e. The van der Waals surface area contributed by atoms with E-state index in [1.807, 2.05) is 13.8 Å². The molecule has 1 aromatic rings. The number of amides is 1. The molecule has 1 aromatic carbocycles. The number of halogens is 1. The van der Waals surface area contributed by atoms with E-state index in [1.54, 1.807) is 24.3 Å². The second-order valence-electron chi connectivity index (χ2n) is 5.75. The quantitative estimate of drug-likeness (QED) is 0.294. The Hall–Kier alpha value is -1.79. The average molecular weight is 383 g/mol. The molecular formula is C19H31ClN4O2. The summed E-state index contributed by atoms with van der Waals surface area (Å²) in [5, 5.41) is 10.0. The lowest BCUT2D eigenvalue weighted by Crippen LogP contribution is -2.38. The van der Waals surface area contributed by atoms with Crippen molar-refractivity contribution >= 4 is 29.2 Å². The minimum absolute atomic E-state index is 0.0172. The van der Waals surface area contributed by atoms with Crippen molar-refractivity contribution < 1.29 is 9.53 Å². The zero-order valence-corrected chi connectivity index (χ0v) is 16.6. The molecule has 0 saturated carbocycles. The highest BCUT2D eigenvalue weighted by Crippen LogP contribution is 2.13. The fourth-order valence-corrected chi connectivity index (χ4v) is 2.34. The highest BCUT2D eigenvalue weighted by atomic mass is 35.5. The van der Waals surface area contributed by atoms with Crippen LogP contribution < -0.4 is 16.0 Å². The molecule has 26 heavy (non-hydrogen) atoms. The van der Waals surface area contributed by atoms with Crippen LogP contribution in [0.2, 0.25) is 5.02 Å². The van der Waals surface area contributed by atoms with Crippen LogP contribution in [0, 0.1) is 0 Å². The van der Waals surface area contributed by atoms with Gasteiger partial charge in [0.25, 0.3) is 0 Å². The molecule has 0 unspecified atom stereocenters. The Kier molecular flexibility index (Phi) is 12.3. The van der Waals surface area contributed by atoms with Crippen LogP contribution in [0.25, 0.3) is 0 Å². The second kappa shape index (κ2) is 14.4. The summed E-state index contributed by atoms with van der Waals surface area (Å²) in [6.07, 6.45) is 3.19. The third-order valence-corrected chi connectivity index (χ3v) is 3.77. The highest BCUT2D eigenvalue weighted by Gasteiger charge is 2.02. The van der Waals surface area contributed by atoms with Gasteiger partial charge >= 0.3 is 0 Å². The van der Waals surface area contributed by atoms with Gasteiger partial charge in [0.15, 0.2) is 5.96 Å². The predicted molar refractivity (Wildman–Crippen MR) is 109 cm³/mol. The Morgan fingerprint density at radius 2 is 1.88 bits per heavy atom. The van der Waals surface area contributed by atoms with Crippen molar-refractivity contribution in [2.24, 2.45) is 4.99 Å². The Morgan fingerprint density at radius 1 is 1.12 bits per heavy atom. The molecule has 3 N–H and O–H groups in total. The van der Waals surface area contributed by atoms with Crippen LogP contribution >= 0.6 is 11.6 Å². The summed E-state index contributed by atoms with van der Waals surface area (Å²) in [6.45, 7) is 7.87. The van der Waals surface area contributed by atoms with E-state index in [2.05, 4.69) is 20.9 Å². The maximum Gasteiger partial charge on any atom is 0.224 e. The van der Waals surface area contributed by atoms with E-state index in [9.17, 15) is 4.79 Å². The molecule has 0 atom stereocenters. The van der Waals surface area contributed by atoms with Crippen molar-refractivity contribution in [3.8, 4) is 0 Å². The minimum Gasteiger partial charge on any atom is -0.382 e. The van der Waals surface area contributed by atoms with Gasteiger partial charge in [0.05, 0.1) is 0 Å². The number of hydrogen-bond acceptors (Lipinski definition) is 3. The molecule has 0 fully saturated rings. The third kappa shape index (κ3) is 10.9. The van der Waals surface area contributed by atoms with Crippen LogP contribution in [0.1, 0.15) is 39.5 Å². The van der Waals surface area contributed by atoms with E-state index in [-0.39, 0.29) is 5.91 Å². The number of guanidine groups is 1. The van der Waals surface area contributed by atoms with Gasteiger partial charge < -0.3 is 20.7 Å². The third-order valence-electron chi connectivity index (χ3n) is 3.52. The van der Waals surface area contributed by atoms with Crippen molar-refractivity contribution in [1.29, 1.82) is 0 Å². The van der Waals surface area contributed by atoms with Crippen LogP contribution in [-0.4, -0.2) is 44.7 Å². The van der Waals surface area contributed by atoms with E-state index < -0.39 is 0 Å². The number of hydrogen-bond donors (Lipinski definition) is 3. The molecule has 0 radical (unpaired) electrons. The fourth-order valence-electron chi connectivity index (χ4n) is 2.21. The van der Waals surface area contributed by atoms with Crippen molar-refractivity contribution in [2.75, 3.05) is 38.2 Å². The first-order valence-corrected chi connectivity index (χ1v) is 9.68. The summed E-state index contributed by atoms with van der Waals surface area (Å²) in [7, 11) is 0. The molecule has 0 aromatic heterocycles. The molecule has 7 heteroatoms. The summed E-state index contributed by atoms with van der Waals surface area (Å²) >= 11 is 5.83. The molecule has 6 nitrogen and oxygen atoms in total. The lowest BCUT2D eigenvalue weighted by Gasteiger charge is -2.11. The highest BCUT2D eigenvalue weighted by molar-refractivity contribution is 6.30. The SMILES string of the molecule is CCNC(=NCCCC(=O)Nc1ccc(Cl)cc1)NCCCCOCC. The number of rotatable bonds is 12. The lowest BCUT2D eigenvalue weighted by atomic mass is 10.2. The molecule has 0 aliphatic rings. The molecule has 0 saturated heterocycles.